The third kappa shape index (κ3) is 7.14. The zero-order valence-corrected chi connectivity index (χ0v) is 18.9. The topological polar surface area (TPSA) is 89.8 Å². The number of likely N-dealkylation sites (tertiary alicyclic amines) is 1. The molecule has 1 aromatic carbocycles. The van der Waals surface area contributed by atoms with E-state index in [9.17, 15) is 9.18 Å². The molecule has 1 aliphatic rings. The molecular weight excluding hydrogens is 476 g/mol. The molecule has 1 saturated heterocycles. The van der Waals surface area contributed by atoms with Gasteiger partial charge in [0.05, 0.1) is 24.2 Å². The van der Waals surface area contributed by atoms with Gasteiger partial charge in [-0.1, -0.05) is 6.07 Å². The molecule has 2 rings (SSSR count). The lowest BCUT2D eigenvalue weighted by Gasteiger charge is -2.40. The van der Waals surface area contributed by atoms with Crippen molar-refractivity contribution < 1.29 is 13.9 Å². The van der Waals surface area contributed by atoms with Gasteiger partial charge in [0.1, 0.15) is 11.4 Å². The predicted octanol–water partition coefficient (Wildman–Crippen LogP) is 2.99. The number of rotatable bonds is 4. The van der Waals surface area contributed by atoms with Gasteiger partial charge in [0.2, 0.25) is 0 Å². The lowest BCUT2D eigenvalue weighted by Crippen LogP contribution is -2.63. The van der Waals surface area contributed by atoms with Crippen LogP contribution in [0.4, 0.5) is 9.18 Å². The monoisotopic (exact) mass is 503 g/mol. The standard InChI is InChI=1S/C19H26FN5O2.HI/c1-5-22-17(23-10-14-7-6-13(9-21)8-16(14)20)24-15-11-25(12-15)18(26)27-19(2,3)4;/h6-8,15H,5,10-12H2,1-4H3,(H2,22,23,24);1H. The molecule has 0 bridgehead atoms. The van der Waals surface area contributed by atoms with Gasteiger partial charge in [0.15, 0.2) is 5.96 Å². The van der Waals surface area contributed by atoms with E-state index in [4.69, 9.17) is 10.00 Å². The predicted molar refractivity (Wildman–Crippen MR) is 116 cm³/mol. The molecule has 1 amide bonds. The van der Waals surface area contributed by atoms with Crippen molar-refractivity contribution in [2.75, 3.05) is 19.6 Å². The average Bonchev–Trinajstić information content (AvgIpc) is 2.54. The Morgan fingerprint density at radius 2 is 2.11 bits per heavy atom. The van der Waals surface area contributed by atoms with Gasteiger partial charge in [-0.25, -0.2) is 14.2 Å². The summed E-state index contributed by atoms with van der Waals surface area (Å²) >= 11 is 0. The Morgan fingerprint density at radius 3 is 2.64 bits per heavy atom. The van der Waals surface area contributed by atoms with Crippen LogP contribution in [-0.2, 0) is 11.3 Å². The smallest absolute Gasteiger partial charge is 0.410 e. The molecule has 0 aliphatic carbocycles. The molecule has 1 fully saturated rings. The number of hydrogen-bond donors (Lipinski definition) is 2. The van der Waals surface area contributed by atoms with Crippen molar-refractivity contribution in [2.24, 2.45) is 4.99 Å². The van der Waals surface area contributed by atoms with Gasteiger partial charge in [-0.2, -0.15) is 5.26 Å². The molecule has 0 atom stereocenters. The van der Waals surface area contributed by atoms with E-state index in [1.54, 1.807) is 17.0 Å². The van der Waals surface area contributed by atoms with Gasteiger partial charge in [-0.3, -0.25) is 0 Å². The Balaban J connectivity index is 0.00000392. The molecule has 9 heteroatoms. The lowest BCUT2D eigenvalue weighted by molar-refractivity contribution is 0.00700. The Morgan fingerprint density at radius 1 is 1.43 bits per heavy atom. The summed E-state index contributed by atoms with van der Waals surface area (Å²) in [5.74, 6) is 0.100. The van der Waals surface area contributed by atoms with Crippen LogP contribution in [0.5, 0.6) is 0 Å². The molecule has 2 N–H and O–H groups in total. The summed E-state index contributed by atoms with van der Waals surface area (Å²) in [4.78, 5) is 18.0. The lowest BCUT2D eigenvalue weighted by atomic mass is 10.1. The highest BCUT2D eigenvalue weighted by Gasteiger charge is 2.34. The maximum atomic E-state index is 14.0. The van der Waals surface area contributed by atoms with Crippen LogP contribution >= 0.6 is 24.0 Å². The number of nitriles is 1. The van der Waals surface area contributed by atoms with Crippen molar-refractivity contribution >= 4 is 36.0 Å². The van der Waals surface area contributed by atoms with Gasteiger partial charge in [0, 0.05) is 25.2 Å². The highest BCUT2D eigenvalue weighted by atomic mass is 127. The molecule has 154 valence electrons. The molecule has 7 nitrogen and oxygen atoms in total. The molecule has 0 spiro atoms. The second kappa shape index (κ2) is 10.5. The Bertz CT molecular complexity index is 752. The number of aliphatic imine (C=N–C) groups is 1. The third-order valence-electron chi connectivity index (χ3n) is 3.81. The van der Waals surface area contributed by atoms with Gasteiger partial charge >= 0.3 is 6.09 Å². The number of nitrogens with one attached hydrogen (secondary N) is 2. The first-order valence-corrected chi connectivity index (χ1v) is 8.93. The Hall–Kier alpha value is -2.09. The van der Waals surface area contributed by atoms with Crippen molar-refractivity contribution in [2.45, 2.75) is 45.9 Å². The summed E-state index contributed by atoms with van der Waals surface area (Å²) in [6, 6.07) is 6.30. The quantitative estimate of drug-likeness (QED) is 0.375. The van der Waals surface area contributed by atoms with Crippen LogP contribution in [0.25, 0.3) is 0 Å². The van der Waals surface area contributed by atoms with Crippen molar-refractivity contribution in [1.29, 1.82) is 5.26 Å². The van der Waals surface area contributed by atoms with Crippen LogP contribution in [0.3, 0.4) is 0 Å². The van der Waals surface area contributed by atoms with E-state index in [0.717, 1.165) is 0 Å². The average molecular weight is 503 g/mol. The summed E-state index contributed by atoms with van der Waals surface area (Å²) in [5.41, 5.74) is 0.175. The molecule has 0 saturated carbocycles. The van der Waals surface area contributed by atoms with E-state index in [0.29, 0.717) is 31.2 Å². The number of benzene rings is 1. The third-order valence-corrected chi connectivity index (χ3v) is 3.81. The maximum Gasteiger partial charge on any atom is 0.410 e. The summed E-state index contributed by atoms with van der Waals surface area (Å²) in [7, 11) is 0. The number of guanidine groups is 1. The second-order valence-electron chi connectivity index (χ2n) is 7.34. The number of ether oxygens (including phenoxy) is 1. The van der Waals surface area contributed by atoms with Gasteiger partial charge in [-0.05, 0) is 39.8 Å². The molecule has 1 aromatic rings. The van der Waals surface area contributed by atoms with Crippen LogP contribution < -0.4 is 10.6 Å². The minimum atomic E-state index is -0.517. The van der Waals surface area contributed by atoms with Gasteiger partial charge in [0.25, 0.3) is 0 Å². The van der Waals surface area contributed by atoms with E-state index in [-0.39, 0.29) is 48.2 Å². The number of halogens is 2. The fourth-order valence-corrected chi connectivity index (χ4v) is 2.47. The highest BCUT2D eigenvalue weighted by molar-refractivity contribution is 14.0. The minimum Gasteiger partial charge on any atom is -0.444 e. The van der Waals surface area contributed by atoms with Crippen molar-refractivity contribution in [3.05, 3.63) is 35.1 Å². The summed E-state index contributed by atoms with van der Waals surface area (Å²) in [6.45, 7) is 9.28. The van der Waals surface area contributed by atoms with Crippen LogP contribution in [0.2, 0.25) is 0 Å². The Kier molecular flexibility index (Phi) is 8.94. The van der Waals surface area contributed by atoms with Gasteiger partial charge < -0.3 is 20.3 Å². The molecular formula is C19H27FIN5O2. The zero-order chi connectivity index (χ0) is 20.0. The van der Waals surface area contributed by atoms with E-state index in [1.807, 2.05) is 33.8 Å². The second-order valence-corrected chi connectivity index (χ2v) is 7.34. The largest absolute Gasteiger partial charge is 0.444 e. The Labute approximate surface area is 182 Å². The first kappa shape index (κ1) is 23.9. The summed E-state index contributed by atoms with van der Waals surface area (Å²) in [5, 5.41) is 15.1. The zero-order valence-electron chi connectivity index (χ0n) is 16.6. The number of nitrogens with zero attached hydrogens (tertiary/aromatic N) is 3. The van der Waals surface area contributed by atoms with Crippen LogP contribution in [0.1, 0.15) is 38.8 Å². The number of carbonyl (C=O) groups excluding carboxylic acids is 1. The summed E-state index contributed by atoms with van der Waals surface area (Å²) in [6.07, 6.45) is -0.331. The molecule has 1 aliphatic heterocycles. The fourth-order valence-electron chi connectivity index (χ4n) is 2.47. The van der Waals surface area contributed by atoms with E-state index in [1.165, 1.54) is 6.07 Å². The van der Waals surface area contributed by atoms with Crippen LogP contribution in [0.15, 0.2) is 23.2 Å². The first-order chi connectivity index (χ1) is 12.7. The van der Waals surface area contributed by atoms with Crippen molar-refractivity contribution in [3.63, 3.8) is 0 Å². The van der Waals surface area contributed by atoms with E-state index >= 15 is 0 Å². The number of amides is 1. The fraction of sp³-hybridized carbons (Fsp3) is 0.526. The molecule has 0 radical (unpaired) electrons. The van der Waals surface area contributed by atoms with Crippen LogP contribution in [0, 0.1) is 17.1 Å². The number of carbonyl (C=O) groups is 1. The molecule has 0 aromatic heterocycles. The summed E-state index contributed by atoms with van der Waals surface area (Å²) < 4.78 is 19.3. The first-order valence-electron chi connectivity index (χ1n) is 8.93. The maximum absolute atomic E-state index is 14.0. The van der Waals surface area contributed by atoms with E-state index < -0.39 is 11.4 Å². The normalized spacial score (nSPS) is 14.4. The van der Waals surface area contributed by atoms with Gasteiger partial charge in [-0.15, -0.1) is 24.0 Å². The van der Waals surface area contributed by atoms with Crippen molar-refractivity contribution in [1.82, 2.24) is 15.5 Å². The van der Waals surface area contributed by atoms with E-state index in [2.05, 4.69) is 15.6 Å². The van der Waals surface area contributed by atoms with Crippen molar-refractivity contribution in [3.8, 4) is 6.07 Å². The molecule has 1 heterocycles. The molecule has 28 heavy (non-hydrogen) atoms. The highest BCUT2D eigenvalue weighted by Crippen LogP contribution is 2.15. The molecule has 0 unspecified atom stereocenters. The van der Waals surface area contributed by atoms with Crippen LogP contribution in [-0.4, -0.2) is 48.2 Å². The number of hydrogen-bond acceptors (Lipinski definition) is 4. The minimum absolute atomic E-state index is 0. The SMILES string of the molecule is CCNC(=NCc1ccc(C#N)cc1F)NC1CN(C(=O)OC(C)(C)C)C1.I.